The average molecular weight is 268 g/mol. The second-order valence-corrected chi connectivity index (χ2v) is 3.88. The number of benzene rings is 1. The Morgan fingerprint density at radius 2 is 2.00 bits per heavy atom. The van der Waals surface area contributed by atoms with Gasteiger partial charge in [0.2, 0.25) is 0 Å². The molecule has 1 aromatic carbocycles. The molecule has 0 spiro atoms. The van der Waals surface area contributed by atoms with Crippen molar-refractivity contribution in [1.29, 1.82) is 0 Å². The van der Waals surface area contributed by atoms with Crippen LogP contribution in [-0.2, 0) is 9.47 Å². The fourth-order valence-corrected chi connectivity index (χ4v) is 1.44. The highest BCUT2D eigenvalue weighted by atomic mass is 19.4. The van der Waals surface area contributed by atoms with E-state index in [4.69, 9.17) is 4.74 Å². The second-order valence-electron chi connectivity index (χ2n) is 3.88. The summed E-state index contributed by atoms with van der Waals surface area (Å²) in [5.41, 5.74) is -0.732. The molecule has 0 radical (unpaired) electrons. The molecule has 0 aromatic heterocycles. The molecular weight excluding hydrogens is 259 g/mol. The molecule has 1 aromatic rings. The average Bonchev–Trinajstić information content (AvgIpc) is 3.03. The minimum Gasteiger partial charge on any atom is -0.371 e. The highest BCUT2D eigenvalue weighted by molar-refractivity contribution is 5.22. The molecular formula is C11H9F5O2. The highest BCUT2D eigenvalue weighted by Crippen LogP contribution is 2.37. The quantitative estimate of drug-likeness (QED) is 0.618. The third-order valence-electron chi connectivity index (χ3n) is 2.39. The number of ether oxygens (including phenoxy) is 2. The van der Waals surface area contributed by atoms with Gasteiger partial charge in [0.25, 0.3) is 0 Å². The summed E-state index contributed by atoms with van der Waals surface area (Å²) in [4.78, 5) is 0. The molecule has 0 saturated carbocycles. The van der Waals surface area contributed by atoms with Gasteiger partial charge in [-0.25, -0.2) is 8.78 Å². The van der Waals surface area contributed by atoms with Gasteiger partial charge in [-0.15, -0.1) is 0 Å². The third kappa shape index (κ3) is 3.17. The van der Waals surface area contributed by atoms with Crippen LogP contribution in [0.2, 0.25) is 0 Å². The molecule has 1 aliphatic heterocycles. The van der Waals surface area contributed by atoms with Gasteiger partial charge >= 0.3 is 6.18 Å². The lowest BCUT2D eigenvalue weighted by molar-refractivity contribution is -0.225. The normalized spacial score (nSPS) is 20.8. The summed E-state index contributed by atoms with van der Waals surface area (Å²) in [7, 11) is 0. The standard InChI is InChI=1S/C11H9F5O2/c12-6-1-2-8(9(13)3-6)10(11(14,15)16)18-5-7-4-17-7/h1-3,7,10H,4-5H2/t7-,10+/m0/s1. The number of hydrogen-bond donors (Lipinski definition) is 0. The Balaban J connectivity index is 2.20. The van der Waals surface area contributed by atoms with E-state index in [1.54, 1.807) is 0 Å². The summed E-state index contributed by atoms with van der Waals surface area (Å²) in [6.45, 7) is 0.0530. The summed E-state index contributed by atoms with van der Waals surface area (Å²) < 4.78 is 73.5. The minimum absolute atomic E-state index is 0.277. The van der Waals surface area contributed by atoms with Crippen LogP contribution in [0.4, 0.5) is 22.0 Å². The molecule has 0 bridgehead atoms. The maximum Gasteiger partial charge on any atom is 0.418 e. The van der Waals surface area contributed by atoms with Gasteiger partial charge in [-0.1, -0.05) is 6.07 Å². The van der Waals surface area contributed by atoms with Gasteiger partial charge in [0, 0.05) is 11.6 Å². The minimum atomic E-state index is -4.77. The topological polar surface area (TPSA) is 21.8 Å². The summed E-state index contributed by atoms with van der Waals surface area (Å²) >= 11 is 0. The van der Waals surface area contributed by atoms with Crippen molar-refractivity contribution in [2.75, 3.05) is 13.2 Å². The zero-order valence-electron chi connectivity index (χ0n) is 9.01. The van der Waals surface area contributed by atoms with Crippen LogP contribution in [0.25, 0.3) is 0 Å². The van der Waals surface area contributed by atoms with Crippen LogP contribution in [0, 0.1) is 11.6 Å². The van der Waals surface area contributed by atoms with Gasteiger partial charge in [-0.05, 0) is 6.07 Å². The van der Waals surface area contributed by atoms with Crippen molar-refractivity contribution in [3.63, 3.8) is 0 Å². The first-order valence-corrected chi connectivity index (χ1v) is 5.13. The van der Waals surface area contributed by atoms with Crippen molar-refractivity contribution in [3.8, 4) is 0 Å². The molecule has 2 rings (SSSR count). The number of halogens is 5. The lowest BCUT2D eigenvalue weighted by Gasteiger charge is -2.21. The van der Waals surface area contributed by atoms with Crippen molar-refractivity contribution in [1.82, 2.24) is 0 Å². The summed E-state index contributed by atoms with van der Waals surface area (Å²) in [6, 6.07) is 1.88. The number of rotatable bonds is 4. The molecule has 1 heterocycles. The fourth-order valence-electron chi connectivity index (χ4n) is 1.44. The molecule has 1 saturated heterocycles. The van der Waals surface area contributed by atoms with Crippen LogP contribution in [0.1, 0.15) is 11.7 Å². The van der Waals surface area contributed by atoms with Crippen molar-refractivity contribution in [2.24, 2.45) is 0 Å². The molecule has 1 fully saturated rings. The van der Waals surface area contributed by atoms with Crippen molar-refractivity contribution in [2.45, 2.75) is 18.4 Å². The largest absolute Gasteiger partial charge is 0.418 e. The first kappa shape index (κ1) is 13.2. The van der Waals surface area contributed by atoms with Crippen LogP contribution in [-0.4, -0.2) is 25.5 Å². The van der Waals surface area contributed by atoms with E-state index in [0.717, 1.165) is 12.1 Å². The van der Waals surface area contributed by atoms with E-state index in [-0.39, 0.29) is 12.7 Å². The van der Waals surface area contributed by atoms with E-state index < -0.39 is 29.5 Å². The van der Waals surface area contributed by atoms with Crippen LogP contribution in [0.5, 0.6) is 0 Å². The molecule has 0 unspecified atom stereocenters. The van der Waals surface area contributed by atoms with Gasteiger partial charge in [0.05, 0.1) is 13.2 Å². The van der Waals surface area contributed by atoms with E-state index in [2.05, 4.69) is 4.74 Å². The van der Waals surface area contributed by atoms with Gasteiger partial charge < -0.3 is 9.47 Å². The number of hydrogen-bond acceptors (Lipinski definition) is 2. The Bertz CT molecular complexity index is 428. The zero-order valence-corrected chi connectivity index (χ0v) is 9.01. The summed E-state index contributed by atoms with van der Waals surface area (Å²) in [6.07, 6.45) is -7.56. The monoisotopic (exact) mass is 268 g/mol. The van der Waals surface area contributed by atoms with E-state index in [0.29, 0.717) is 12.7 Å². The maximum absolute atomic E-state index is 13.3. The van der Waals surface area contributed by atoms with E-state index in [1.807, 2.05) is 0 Å². The molecule has 7 heteroatoms. The Morgan fingerprint density at radius 3 is 2.50 bits per heavy atom. The Morgan fingerprint density at radius 1 is 1.33 bits per heavy atom. The smallest absolute Gasteiger partial charge is 0.371 e. The third-order valence-corrected chi connectivity index (χ3v) is 2.39. The summed E-state index contributed by atoms with van der Waals surface area (Å²) in [5, 5.41) is 0. The number of epoxide rings is 1. The van der Waals surface area contributed by atoms with E-state index >= 15 is 0 Å². The van der Waals surface area contributed by atoms with Crippen LogP contribution < -0.4 is 0 Å². The lowest BCUT2D eigenvalue weighted by Crippen LogP contribution is -2.26. The van der Waals surface area contributed by atoms with Crippen LogP contribution >= 0.6 is 0 Å². The summed E-state index contributed by atoms with van der Waals surface area (Å²) in [5.74, 6) is -2.23. The number of alkyl halides is 3. The molecule has 2 nitrogen and oxygen atoms in total. The Kier molecular flexibility index (Phi) is 3.54. The van der Waals surface area contributed by atoms with Gasteiger partial charge in [0.1, 0.15) is 17.7 Å². The second kappa shape index (κ2) is 4.81. The van der Waals surface area contributed by atoms with E-state index in [1.165, 1.54) is 0 Å². The predicted octanol–water partition coefficient (Wildman–Crippen LogP) is 2.98. The molecule has 0 amide bonds. The van der Waals surface area contributed by atoms with E-state index in [9.17, 15) is 22.0 Å². The molecule has 0 N–H and O–H groups in total. The molecule has 1 aliphatic rings. The molecule has 0 aliphatic carbocycles. The molecule has 18 heavy (non-hydrogen) atoms. The van der Waals surface area contributed by atoms with Crippen molar-refractivity contribution < 1.29 is 31.4 Å². The SMILES string of the molecule is Fc1ccc([C@@H](OC[C@@H]2CO2)C(F)(F)F)c(F)c1. The zero-order chi connectivity index (χ0) is 13.3. The highest BCUT2D eigenvalue weighted by Gasteiger charge is 2.44. The Hall–Kier alpha value is -1.21. The van der Waals surface area contributed by atoms with Gasteiger partial charge in [-0.3, -0.25) is 0 Å². The van der Waals surface area contributed by atoms with Crippen LogP contribution in [0.3, 0.4) is 0 Å². The maximum atomic E-state index is 13.3. The molecule has 100 valence electrons. The fraction of sp³-hybridized carbons (Fsp3) is 0.455. The van der Waals surface area contributed by atoms with Gasteiger partial charge in [-0.2, -0.15) is 13.2 Å². The lowest BCUT2D eigenvalue weighted by atomic mass is 10.1. The van der Waals surface area contributed by atoms with Crippen LogP contribution in [0.15, 0.2) is 18.2 Å². The van der Waals surface area contributed by atoms with Gasteiger partial charge in [0.15, 0.2) is 6.10 Å². The van der Waals surface area contributed by atoms with Crippen molar-refractivity contribution in [3.05, 3.63) is 35.4 Å². The molecule has 2 atom stereocenters. The first-order valence-electron chi connectivity index (χ1n) is 5.13. The predicted molar refractivity (Wildman–Crippen MR) is 50.8 cm³/mol. The Labute approximate surface area is 99.3 Å². The van der Waals surface area contributed by atoms with Crippen molar-refractivity contribution >= 4 is 0 Å². The first-order chi connectivity index (χ1) is 8.38.